The van der Waals surface area contributed by atoms with Crippen LogP contribution in [-0.4, -0.2) is 18.9 Å². The van der Waals surface area contributed by atoms with Gasteiger partial charge in [0.15, 0.2) is 5.78 Å². The van der Waals surface area contributed by atoms with Gasteiger partial charge in [0.1, 0.15) is 18.1 Å². The van der Waals surface area contributed by atoms with Crippen molar-refractivity contribution in [3.63, 3.8) is 0 Å². The molecule has 0 unspecified atom stereocenters. The zero-order valence-electron chi connectivity index (χ0n) is 20.4. The van der Waals surface area contributed by atoms with Gasteiger partial charge >= 0.3 is 6.03 Å². The Morgan fingerprint density at radius 3 is 2.18 bits per heavy atom. The average Bonchev–Trinajstić information content (AvgIpc) is 2.82. The zero-order chi connectivity index (χ0) is 24.7. The predicted octanol–water partition coefficient (Wildman–Crippen LogP) is 6.81. The van der Waals surface area contributed by atoms with E-state index >= 15 is 0 Å². The first kappa shape index (κ1) is 24.8. The molecule has 0 saturated carbocycles. The highest BCUT2D eigenvalue weighted by Crippen LogP contribution is 2.27. The summed E-state index contributed by atoms with van der Waals surface area (Å²) in [6, 6.07) is 20.0. The maximum atomic E-state index is 12.6. The quantitative estimate of drug-likeness (QED) is 0.362. The third kappa shape index (κ3) is 6.61. The molecule has 0 saturated heterocycles. The van der Waals surface area contributed by atoms with Crippen molar-refractivity contribution in [2.45, 2.75) is 46.1 Å². The lowest BCUT2D eigenvalue weighted by Crippen LogP contribution is -2.19. The van der Waals surface area contributed by atoms with Crippen molar-refractivity contribution in [2.75, 3.05) is 17.7 Å². The van der Waals surface area contributed by atoms with Crippen LogP contribution >= 0.6 is 0 Å². The number of hydrogen-bond donors (Lipinski definition) is 2. The number of methoxy groups -OCH3 is 1. The molecule has 0 bridgehead atoms. The summed E-state index contributed by atoms with van der Waals surface area (Å²) in [6.45, 7) is 8.67. The lowest BCUT2D eigenvalue weighted by Gasteiger charge is -2.19. The Kier molecular flexibility index (Phi) is 7.95. The molecule has 34 heavy (non-hydrogen) atoms. The maximum absolute atomic E-state index is 12.6. The predicted molar refractivity (Wildman–Crippen MR) is 136 cm³/mol. The van der Waals surface area contributed by atoms with E-state index in [4.69, 9.17) is 9.47 Å². The van der Waals surface area contributed by atoms with Crippen LogP contribution < -0.4 is 20.1 Å². The number of nitrogens with one attached hydrogen (secondary N) is 2. The third-order valence-corrected chi connectivity index (χ3v) is 5.40. The highest BCUT2D eigenvalue weighted by Gasteiger charge is 2.15. The fraction of sp³-hybridized carbons (Fsp3) is 0.286. The SMILES string of the molecule is CCC(=O)c1cc(NC(=O)Nc2cccc(OC)c2)ccc1OCc1ccc(C(C)(C)C)cc1. The fourth-order valence-electron chi connectivity index (χ4n) is 3.40. The van der Waals surface area contributed by atoms with Crippen molar-refractivity contribution in [3.8, 4) is 11.5 Å². The van der Waals surface area contributed by atoms with Gasteiger partial charge in [0, 0.05) is 23.9 Å². The number of ether oxygens (including phenoxy) is 2. The first-order chi connectivity index (χ1) is 16.2. The summed E-state index contributed by atoms with van der Waals surface area (Å²) >= 11 is 0. The van der Waals surface area contributed by atoms with Gasteiger partial charge in [-0.15, -0.1) is 0 Å². The largest absolute Gasteiger partial charge is 0.497 e. The summed E-state index contributed by atoms with van der Waals surface area (Å²) in [5, 5.41) is 5.53. The Morgan fingerprint density at radius 1 is 0.882 bits per heavy atom. The third-order valence-electron chi connectivity index (χ3n) is 5.40. The van der Waals surface area contributed by atoms with E-state index in [1.54, 1.807) is 56.5 Å². The molecule has 0 aromatic heterocycles. The van der Waals surface area contributed by atoms with Gasteiger partial charge in [-0.3, -0.25) is 4.79 Å². The van der Waals surface area contributed by atoms with Gasteiger partial charge in [-0.1, -0.05) is 58.0 Å². The van der Waals surface area contributed by atoms with E-state index in [9.17, 15) is 9.59 Å². The van der Waals surface area contributed by atoms with Gasteiger partial charge in [0.25, 0.3) is 0 Å². The van der Waals surface area contributed by atoms with Gasteiger partial charge in [0.2, 0.25) is 0 Å². The Bertz CT molecular complexity index is 1150. The molecule has 0 atom stereocenters. The van der Waals surface area contributed by atoms with Crippen LogP contribution in [0.4, 0.5) is 16.2 Å². The summed E-state index contributed by atoms with van der Waals surface area (Å²) in [4.78, 5) is 25.0. The maximum Gasteiger partial charge on any atom is 0.323 e. The van der Waals surface area contributed by atoms with Crippen molar-refractivity contribution in [1.82, 2.24) is 0 Å². The second kappa shape index (κ2) is 10.9. The Balaban J connectivity index is 1.70. The number of ketones is 1. The van der Waals surface area contributed by atoms with E-state index < -0.39 is 6.03 Å². The van der Waals surface area contributed by atoms with E-state index in [-0.39, 0.29) is 11.2 Å². The standard InChI is InChI=1S/C28H32N2O4/c1-6-25(31)24-17-22(30-27(32)29-21-8-7-9-23(16-21)33-5)14-15-26(24)34-18-19-10-12-20(13-11-19)28(2,3)4/h7-17H,6,18H2,1-5H3,(H2,29,30,32). The molecule has 0 aliphatic rings. The number of carbonyl (C=O) groups excluding carboxylic acids is 2. The van der Waals surface area contributed by atoms with Crippen LogP contribution in [0.5, 0.6) is 11.5 Å². The Labute approximate surface area is 201 Å². The highest BCUT2D eigenvalue weighted by molar-refractivity contribution is 6.03. The van der Waals surface area contributed by atoms with Crippen LogP contribution in [0.3, 0.4) is 0 Å². The lowest BCUT2D eigenvalue weighted by molar-refractivity contribution is 0.0983. The van der Waals surface area contributed by atoms with Gasteiger partial charge in [-0.05, 0) is 46.9 Å². The Morgan fingerprint density at radius 2 is 1.56 bits per heavy atom. The fourth-order valence-corrected chi connectivity index (χ4v) is 3.40. The molecule has 2 N–H and O–H groups in total. The number of anilines is 2. The number of amides is 2. The first-order valence-electron chi connectivity index (χ1n) is 11.3. The molecule has 2 amide bonds. The summed E-state index contributed by atoms with van der Waals surface area (Å²) in [6.07, 6.45) is 0.329. The number of benzene rings is 3. The molecular weight excluding hydrogens is 428 g/mol. The molecule has 0 heterocycles. The van der Waals surface area contributed by atoms with Gasteiger partial charge in [0.05, 0.1) is 12.7 Å². The molecule has 0 spiro atoms. The Hall–Kier alpha value is -3.80. The normalized spacial score (nSPS) is 11.0. The van der Waals surface area contributed by atoms with Gasteiger partial charge in [-0.25, -0.2) is 4.79 Å². The molecule has 0 fully saturated rings. The van der Waals surface area contributed by atoms with Crippen LogP contribution in [-0.2, 0) is 12.0 Å². The molecule has 3 rings (SSSR count). The van der Waals surface area contributed by atoms with Crippen LogP contribution in [0.1, 0.15) is 55.6 Å². The summed E-state index contributed by atoms with van der Waals surface area (Å²) in [7, 11) is 1.57. The molecule has 6 nitrogen and oxygen atoms in total. The second-order valence-corrected chi connectivity index (χ2v) is 9.03. The molecule has 6 heteroatoms. The minimum atomic E-state index is -0.421. The van der Waals surface area contributed by atoms with E-state index in [1.807, 2.05) is 12.1 Å². The van der Waals surface area contributed by atoms with E-state index in [0.29, 0.717) is 41.5 Å². The summed E-state index contributed by atoms with van der Waals surface area (Å²) in [5.74, 6) is 1.07. The molecule has 3 aromatic carbocycles. The lowest BCUT2D eigenvalue weighted by atomic mass is 9.87. The smallest absolute Gasteiger partial charge is 0.323 e. The highest BCUT2D eigenvalue weighted by atomic mass is 16.5. The minimum absolute atomic E-state index is 0.0602. The second-order valence-electron chi connectivity index (χ2n) is 9.03. The summed E-state index contributed by atoms with van der Waals surface area (Å²) in [5.41, 5.74) is 3.89. The van der Waals surface area contributed by atoms with Gasteiger partial charge in [-0.2, -0.15) is 0 Å². The molecule has 0 aliphatic carbocycles. The monoisotopic (exact) mass is 460 g/mol. The summed E-state index contributed by atoms with van der Waals surface area (Å²) < 4.78 is 11.2. The van der Waals surface area contributed by atoms with Crippen molar-refractivity contribution >= 4 is 23.2 Å². The van der Waals surface area contributed by atoms with Crippen molar-refractivity contribution in [2.24, 2.45) is 0 Å². The van der Waals surface area contributed by atoms with Crippen LogP contribution in [0.2, 0.25) is 0 Å². The minimum Gasteiger partial charge on any atom is -0.497 e. The van der Waals surface area contributed by atoms with Crippen LogP contribution in [0.25, 0.3) is 0 Å². The molecular formula is C28H32N2O4. The number of carbonyl (C=O) groups is 2. The number of urea groups is 1. The molecule has 178 valence electrons. The topological polar surface area (TPSA) is 76.7 Å². The van der Waals surface area contributed by atoms with Crippen LogP contribution in [0.15, 0.2) is 66.7 Å². The van der Waals surface area contributed by atoms with Crippen LogP contribution in [0, 0.1) is 0 Å². The average molecular weight is 461 g/mol. The van der Waals surface area contributed by atoms with E-state index in [0.717, 1.165) is 5.56 Å². The van der Waals surface area contributed by atoms with Crippen molar-refractivity contribution in [3.05, 3.63) is 83.4 Å². The van der Waals surface area contributed by atoms with Crippen molar-refractivity contribution < 1.29 is 19.1 Å². The van der Waals surface area contributed by atoms with Gasteiger partial charge < -0.3 is 20.1 Å². The first-order valence-corrected chi connectivity index (χ1v) is 11.3. The molecule has 0 aliphatic heterocycles. The van der Waals surface area contributed by atoms with Crippen molar-refractivity contribution in [1.29, 1.82) is 0 Å². The number of Topliss-reactive ketones (excluding diaryl/α,β-unsaturated/α-hetero) is 1. The van der Waals surface area contributed by atoms with E-state index in [1.165, 1.54) is 5.56 Å². The zero-order valence-corrected chi connectivity index (χ0v) is 20.4. The number of hydrogen-bond acceptors (Lipinski definition) is 4. The molecule has 0 radical (unpaired) electrons. The number of rotatable bonds is 8. The van der Waals surface area contributed by atoms with E-state index in [2.05, 4.69) is 43.5 Å². The molecule has 3 aromatic rings.